The predicted molar refractivity (Wildman–Crippen MR) is 100 cm³/mol. The largest absolute Gasteiger partial charge is 0.494 e. The second kappa shape index (κ2) is 8.30. The second-order valence-corrected chi connectivity index (χ2v) is 6.77. The molecule has 0 bridgehead atoms. The molecule has 1 aromatic carbocycles. The molecule has 2 aromatic rings. The highest BCUT2D eigenvalue weighted by Crippen LogP contribution is 2.20. The third-order valence-electron chi connectivity index (χ3n) is 4.73. The standard InChI is InChI=1S/C20H27N3O2/c1-16-15-19(21-22(2)20(16)24)17-7-9-18(10-8-17)25-14-6-13-23-11-4-3-5-12-23/h7-10,15H,3-6,11-14H2,1-2H3. The first-order chi connectivity index (χ1) is 12.1. The van der Waals surface area contributed by atoms with Crippen molar-refractivity contribution in [2.24, 2.45) is 7.05 Å². The Morgan fingerprint density at radius 3 is 2.52 bits per heavy atom. The van der Waals surface area contributed by atoms with Crippen LogP contribution in [0.2, 0.25) is 0 Å². The first-order valence-electron chi connectivity index (χ1n) is 9.14. The number of nitrogens with zero attached hydrogens (tertiary/aromatic N) is 3. The van der Waals surface area contributed by atoms with Crippen LogP contribution >= 0.6 is 0 Å². The van der Waals surface area contributed by atoms with Crippen molar-refractivity contribution in [2.45, 2.75) is 32.6 Å². The van der Waals surface area contributed by atoms with Gasteiger partial charge in [-0.3, -0.25) is 4.79 Å². The minimum atomic E-state index is -0.0580. The number of benzene rings is 1. The molecule has 0 N–H and O–H groups in total. The minimum Gasteiger partial charge on any atom is -0.494 e. The van der Waals surface area contributed by atoms with Gasteiger partial charge in [-0.1, -0.05) is 6.42 Å². The van der Waals surface area contributed by atoms with E-state index in [0.29, 0.717) is 5.56 Å². The van der Waals surface area contributed by atoms with Crippen molar-refractivity contribution in [1.29, 1.82) is 0 Å². The highest BCUT2D eigenvalue weighted by Gasteiger charge is 2.09. The van der Waals surface area contributed by atoms with E-state index in [1.807, 2.05) is 37.3 Å². The quantitative estimate of drug-likeness (QED) is 0.758. The molecule has 5 heteroatoms. The molecule has 1 fully saturated rings. The zero-order valence-electron chi connectivity index (χ0n) is 15.2. The Morgan fingerprint density at radius 1 is 1.12 bits per heavy atom. The second-order valence-electron chi connectivity index (χ2n) is 6.77. The van der Waals surface area contributed by atoms with Gasteiger partial charge in [0.1, 0.15) is 5.75 Å². The highest BCUT2D eigenvalue weighted by atomic mass is 16.5. The van der Waals surface area contributed by atoms with Crippen LogP contribution in [0.5, 0.6) is 5.75 Å². The molecule has 0 spiro atoms. The summed E-state index contributed by atoms with van der Waals surface area (Å²) >= 11 is 0. The molecule has 25 heavy (non-hydrogen) atoms. The van der Waals surface area contributed by atoms with Gasteiger partial charge in [0.2, 0.25) is 0 Å². The Hall–Kier alpha value is -2.14. The van der Waals surface area contributed by atoms with Crippen LogP contribution in [0, 0.1) is 6.92 Å². The average Bonchev–Trinajstić information content (AvgIpc) is 2.64. The molecule has 0 aliphatic carbocycles. The van der Waals surface area contributed by atoms with Crippen LogP contribution in [-0.4, -0.2) is 40.9 Å². The lowest BCUT2D eigenvalue weighted by atomic mass is 10.1. The smallest absolute Gasteiger partial charge is 0.269 e. The molecule has 1 aliphatic heterocycles. The number of likely N-dealkylation sites (tertiary alicyclic amines) is 1. The SMILES string of the molecule is Cc1cc(-c2ccc(OCCCN3CCCCC3)cc2)nn(C)c1=O. The lowest BCUT2D eigenvalue weighted by Gasteiger charge is -2.26. The van der Waals surface area contributed by atoms with Crippen molar-refractivity contribution in [1.82, 2.24) is 14.7 Å². The average molecular weight is 341 g/mol. The van der Waals surface area contributed by atoms with Crippen molar-refractivity contribution < 1.29 is 4.74 Å². The van der Waals surface area contributed by atoms with Crippen LogP contribution in [-0.2, 0) is 7.05 Å². The highest BCUT2D eigenvalue weighted by molar-refractivity contribution is 5.60. The molecule has 2 heterocycles. The van der Waals surface area contributed by atoms with Crippen LogP contribution in [0.1, 0.15) is 31.2 Å². The Kier molecular flexibility index (Phi) is 5.87. The lowest BCUT2D eigenvalue weighted by molar-refractivity contribution is 0.205. The molecule has 134 valence electrons. The Labute approximate surface area is 149 Å². The number of hydrogen-bond donors (Lipinski definition) is 0. The van der Waals surface area contributed by atoms with E-state index >= 15 is 0 Å². The van der Waals surface area contributed by atoms with Gasteiger partial charge in [-0.2, -0.15) is 5.10 Å². The number of piperidine rings is 1. The summed E-state index contributed by atoms with van der Waals surface area (Å²) in [6.45, 7) is 6.15. The summed E-state index contributed by atoms with van der Waals surface area (Å²) in [5.41, 5.74) is 2.43. The molecule has 1 aromatic heterocycles. The minimum absolute atomic E-state index is 0.0580. The Bertz CT molecular complexity index is 720. The summed E-state index contributed by atoms with van der Waals surface area (Å²) in [7, 11) is 1.68. The lowest BCUT2D eigenvalue weighted by Crippen LogP contribution is -2.31. The van der Waals surface area contributed by atoms with E-state index in [1.165, 1.54) is 37.0 Å². The fourth-order valence-electron chi connectivity index (χ4n) is 3.28. The van der Waals surface area contributed by atoms with Gasteiger partial charge >= 0.3 is 0 Å². The van der Waals surface area contributed by atoms with Gasteiger partial charge in [0, 0.05) is 24.7 Å². The summed E-state index contributed by atoms with van der Waals surface area (Å²) in [4.78, 5) is 14.3. The summed E-state index contributed by atoms with van der Waals surface area (Å²) in [6, 6.07) is 9.76. The molecule has 0 radical (unpaired) electrons. The van der Waals surface area contributed by atoms with Gasteiger partial charge in [-0.15, -0.1) is 0 Å². The maximum Gasteiger partial charge on any atom is 0.269 e. The molecule has 5 nitrogen and oxygen atoms in total. The molecule has 0 atom stereocenters. The molecule has 0 unspecified atom stereocenters. The fraction of sp³-hybridized carbons (Fsp3) is 0.500. The molecule has 0 amide bonds. The van der Waals surface area contributed by atoms with Crippen molar-refractivity contribution in [3.63, 3.8) is 0 Å². The van der Waals surface area contributed by atoms with E-state index in [4.69, 9.17) is 4.74 Å². The van der Waals surface area contributed by atoms with Crippen molar-refractivity contribution >= 4 is 0 Å². The summed E-state index contributed by atoms with van der Waals surface area (Å²) in [6.07, 6.45) is 5.11. The van der Waals surface area contributed by atoms with Crippen LogP contribution in [0.15, 0.2) is 35.1 Å². The van der Waals surface area contributed by atoms with Crippen molar-refractivity contribution in [2.75, 3.05) is 26.2 Å². The van der Waals surface area contributed by atoms with E-state index in [0.717, 1.165) is 36.6 Å². The van der Waals surface area contributed by atoms with E-state index in [9.17, 15) is 4.79 Å². The predicted octanol–water partition coefficient (Wildman–Crippen LogP) is 3.01. The van der Waals surface area contributed by atoms with Crippen LogP contribution < -0.4 is 10.3 Å². The summed E-state index contributed by atoms with van der Waals surface area (Å²) in [5, 5.41) is 4.32. The number of rotatable bonds is 6. The van der Waals surface area contributed by atoms with E-state index < -0.39 is 0 Å². The van der Waals surface area contributed by atoms with Crippen LogP contribution in [0.25, 0.3) is 11.3 Å². The van der Waals surface area contributed by atoms with Gasteiger partial charge in [-0.25, -0.2) is 4.68 Å². The van der Waals surface area contributed by atoms with Gasteiger partial charge in [0.05, 0.1) is 12.3 Å². The molecule has 1 saturated heterocycles. The van der Waals surface area contributed by atoms with Gasteiger partial charge in [0.25, 0.3) is 5.56 Å². The summed E-state index contributed by atoms with van der Waals surface area (Å²) in [5.74, 6) is 0.879. The monoisotopic (exact) mass is 341 g/mol. The zero-order valence-corrected chi connectivity index (χ0v) is 15.2. The van der Waals surface area contributed by atoms with Crippen molar-refractivity contribution in [3.05, 3.63) is 46.2 Å². The molecule has 1 aliphatic rings. The molecular formula is C20H27N3O2. The molecule has 3 rings (SSSR count). The maximum absolute atomic E-state index is 11.7. The summed E-state index contributed by atoms with van der Waals surface area (Å²) < 4.78 is 7.24. The number of ether oxygens (including phenoxy) is 1. The van der Waals surface area contributed by atoms with E-state index in [-0.39, 0.29) is 5.56 Å². The molecular weight excluding hydrogens is 314 g/mol. The van der Waals surface area contributed by atoms with Crippen LogP contribution in [0.3, 0.4) is 0 Å². The molecule has 0 saturated carbocycles. The number of aromatic nitrogens is 2. The normalized spacial score (nSPS) is 15.3. The van der Waals surface area contributed by atoms with Gasteiger partial charge in [0.15, 0.2) is 0 Å². The fourth-order valence-corrected chi connectivity index (χ4v) is 3.28. The maximum atomic E-state index is 11.7. The Balaban J connectivity index is 1.52. The zero-order chi connectivity index (χ0) is 17.6. The number of aryl methyl sites for hydroxylation is 2. The van der Waals surface area contributed by atoms with Gasteiger partial charge < -0.3 is 9.64 Å². The third kappa shape index (κ3) is 4.69. The Morgan fingerprint density at radius 2 is 1.84 bits per heavy atom. The first-order valence-corrected chi connectivity index (χ1v) is 9.14. The van der Waals surface area contributed by atoms with E-state index in [1.54, 1.807) is 7.05 Å². The van der Waals surface area contributed by atoms with Crippen LogP contribution in [0.4, 0.5) is 0 Å². The van der Waals surface area contributed by atoms with E-state index in [2.05, 4.69) is 10.00 Å². The number of hydrogen-bond acceptors (Lipinski definition) is 4. The first kappa shape index (κ1) is 17.7. The topological polar surface area (TPSA) is 47.4 Å². The van der Waals surface area contributed by atoms with Gasteiger partial charge in [-0.05, 0) is 69.6 Å². The third-order valence-corrected chi connectivity index (χ3v) is 4.73. The van der Waals surface area contributed by atoms with Crippen molar-refractivity contribution in [3.8, 4) is 17.0 Å².